The van der Waals surface area contributed by atoms with Crippen molar-refractivity contribution in [3.05, 3.63) is 0 Å². The molecule has 0 aliphatic heterocycles. The number of hydrogen-bond donors (Lipinski definition) is 8. The molecule has 0 heterocycles. The first kappa shape index (κ1) is 30.2. The van der Waals surface area contributed by atoms with Crippen molar-refractivity contribution in [1.29, 1.82) is 0 Å². The van der Waals surface area contributed by atoms with E-state index in [4.69, 9.17) is 21.7 Å². The van der Waals surface area contributed by atoms with Crippen LogP contribution in [0.1, 0.15) is 46.0 Å². The van der Waals surface area contributed by atoms with Gasteiger partial charge in [-0.2, -0.15) is 0 Å². The Kier molecular flexibility index (Phi) is 12.8. The van der Waals surface area contributed by atoms with Gasteiger partial charge in [-0.1, -0.05) is 13.8 Å². The van der Waals surface area contributed by atoms with Crippen molar-refractivity contribution in [2.24, 2.45) is 17.4 Å². The third-order valence-corrected chi connectivity index (χ3v) is 4.56. The zero-order valence-electron chi connectivity index (χ0n) is 18.8. The Bertz CT molecular complexity index is 800. The molecular weight excluding hydrogens is 458 g/mol. The second kappa shape index (κ2) is 14.4. The number of aliphatic carboxylic acids is 3. The average Bonchev–Trinajstić information content (AvgIpc) is 2.70. The lowest BCUT2D eigenvalue weighted by molar-refractivity contribution is -0.144. The molecule has 0 radical (unpaired) electrons. The quantitative estimate of drug-likeness (QED) is 0.109. The van der Waals surface area contributed by atoms with Crippen LogP contribution < -0.4 is 27.4 Å². The maximum atomic E-state index is 12.7. The number of primary amides is 1. The summed E-state index contributed by atoms with van der Waals surface area (Å²) in [5.74, 6) is -8.45. The summed E-state index contributed by atoms with van der Waals surface area (Å²) in [6.07, 6.45) is -2.21. The minimum absolute atomic E-state index is 0.0788. The van der Waals surface area contributed by atoms with Gasteiger partial charge in [-0.25, -0.2) is 4.79 Å². The molecule has 0 saturated carbocycles. The average molecular weight is 489 g/mol. The fourth-order valence-corrected chi connectivity index (χ4v) is 2.67. The summed E-state index contributed by atoms with van der Waals surface area (Å²) >= 11 is 0. The Morgan fingerprint density at radius 3 is 1.74 bits per heavy atom. The highest BCUT2D eigenvalue weighted by molar-refractivity contribution is 5.95. The van der Waals surface area contributed by atoms with Gasteiger partial charge in [0, 0.05) is 12.8 Å². The minimum Gasteiger partial charge on any atom is -0.481 e. The predicted molar refractivity (Wildman–Crippen MR) is 114 cm³/mol. The molecule has 0 saturated heterocycles. The molecule has 4 unspecified atom stereocenters. The Balaban J connectivity index is 5.43. The third-order valence-electron chi connectivity index (χ3n) is 4.56. The van der Waals surface area contributed by atoms with Crippen molar-refractivity contribution in [3.63, 3.8) is 0 Å². The topological polar surface area (TPSA) is 268 Å². The van der Waals surface area contributed by atoms with Gasteiger partial charge in [0.1, 0.15) is 18.1 Å². The number of carboxylic acids is 3. The first-order chi connectivity index (χ1) is 15.6. The van der Waals surface area contributed by atoms with E-state index in [1.165, 1.54) is 0 Å². The van der Waals surface area contributed by atoms with Crippen molar-refractivity contribution in [2.75, 3.05) is 0 Å². The van der Waals surface area contributed by atoms with E-state index in [1.807, 2.05) is 5.32 Å². The van der Waals surface area contributed by atoms with Crippen LogP contribution in [0.4, 0.5) is 0 Å². The van der Waals surface area contributed by atoms with Gasteiger partial charge in [0.05, 0.1) is 12.5 Å². The molecule has 34 heavy (non-hydrogen) atoms. The van der Waals surface area contributed by atoms with Crippen LogP contribution in [0.3, 0.4) is 0 Å². The monoisotopic (exact) mass is 489 g/mol. The highest BCUT2D eigenvalue weighted by Crippen LogP contribution is 2.06. The highest BCUT2D eigenvalue weighted by Gasteiger charge is 2.32. The Labute approximate surface area is 194 Å². The lowest BCUT2D eigenvalue weighted by Crippen LogP contribution is -2.58. The van der Waals surface area contributed by atoms with E-state index in [0.29, 0.717) is 0 Å². The first-order valence-corrected chi connectivity index (χ1v) is 10.3. The second-order valence-corrected chi connectivity index (χ2v) is 7.83. The number of amides is 4. The molecule has 0 aromatic carbocycles. The summed E-state index contributed by atoms with van der Waals surface area (Å²) in [4.78, 5) is 81.5. The van der Waals surface area contributed by atoms with E-state index in [2.05, 4.69) is 10.6 Å². The standard InChI is InChI=1S/C19H31N5O10/c1-8(2)15(24-16(30)9(20)3-5-12(21)25)18(32)23-11(7-14(28)29)17(31)22-10(19(33)34)4-6-13(26)27/h8-11,15H,3-7,20H2,1-2H3,(H2,21,25)(H,22,31)(H,23,32)(H,24,30)(H,26,27)(H,28,29)(H,33,34). The van der Waals surface area contributed by atoms with Crippen LogP contribution in [-0.4, -0.2) is 81.0 Å². The van der Waals surface area contributed by atoms with Gasteiger partial charge in [-0.15, -0.1) is 0 Å². The summed E-state index contributed by atoms with van der Waals surface area (Å²) in [7, 11) is 0. The molecule has 0 bridgehead atoms. The molecule has 15 nitrogen and oxygen atoms in total. The molecule has 0 aliphatic rings. The maximum Gasteiger partial charge on any atom is 0.326 e. The Morgan fingerprint density at radius 2 is 1.29 bits per heavy atom. The molecule has 15 heteroatoms. The van der Waals surface area contributed by atoms with E-state index < -0.39 is 90.9 Å². The summed E-state index contributed by atoms with van der Waals surface area (Å²) in [5, 5.41) is 33.5. The van der Waals surface area contributed by atoms with Crippen molar-refractivity contribution in [3.8, 4) is 0 Å². The molecule has 0 fully saturated rings. The van der Waals surface area contributed by atoms with Crippen molar-refractivity contribution >= 4 is 41.5 Å². The smallest absolute Gasteiger partial charge is 0.326 e. The van der Waals surface area contributed by atoms with Crippen molar-refractivity contribution in [1.82, 2.24) is 16.0 Å². The van der Waals surface area contributed by atoms with Crippen molar-refractivity contribution < 1.29 is 48.9 Å². The fraction of sp³-hybridized carbons (Fsp3) is 0.632. The number of carbonyl (C=O) groups excluding carboxylic acids is 4. The number of rotatable bonds is 16. The summed E-state index contributed by atoms with van der Waals surface area (Å²) in [6.45, 7) is 3.11. The summed E-state index contributed by atoms with van der Waals surface area (Å²) in [5.41, 5.74) is 10.7. The molecule has 0 aromatic heterocycles. The first-order valence-electron chi connectivity index (χ1n) is 10.3. The zero-order chi connectivity index (χ0) is 26.6. The molecule has 192 valence electrons. The molecule has 10 N–H and O–H groups in total. The van der Waals surface area contributed by atoms with Crippen molar-refractivity contribution in [2.45, 2.75) is 70.1 Å². The number of carbonyl (C=O) groups is 7. The van der Waals surface area contributed by atoms with Gasteiger partial charge in [-0.05, 0) is 18.8 Å². The van der Waals surface area contributed by atoms with Gasteiger partial charge >= 0.3 is 17.9 Å². The van der Waals surface area contributed by atoms with Crippen LogP contribution >= 0.6 is 0 Å². The molecule has 0 spiro atoms. The van der Waals surface area contributed by atoms with Crippen LogP contribution in [0.25, 0.3) is 0 Å². The van der Waals surface area contributed by atoms with E-state index in [1.54, 1.807) is 13.8 Å². The Morgan fingerprint density at radius 1 is 0.735 bits per heavy atom. The van der Waals surface area contributed by atoms with Crippen LogP contribution in [0.2, 0.25) is 0 Å². The normalized spacial score (nSPS) is 14.2. The molecule has 4 amide bonds. The van der Waals surface area contributed by atoms with Crippen LogP contribution in [0.15, 0.2) is 0 Å². The second-order valence-electron chi connectivity index (χ2n) is 7.83. The van der Waals surface area contributed by atoms with E-state index in [0.717, 1.165) is 0 Å². The molecule has 0 aromatic rings. The number of hydrogen-bond acceptors (Lipinski definition) is 8. The predicted octanol–water partition coefficient (Wildman–Crippen LogP) is -2.89. The number of carboxylic acid groups (broad SMARTS) is 3. The summed E-state index contributed by atoms with van der Waals surface area (Å²) in [6, 6.07) is -5.78. The van der Waals surface area contributed by atoms with Gasteiger partial charge in [0.2, 0.25) is 23.6 Å². The van der Waals surface area contributed by atoms with Crippen LogP contribution in [0.5, 0.6) is 0 Å². The van der Waals surface area contributed by atoms with E-state index in [-0.39, 0.29) is 12.8 Å². The van der Waals surface area contributed by atoms with Gasteiger partial charge in [0.15, 0.2) is 0 Å². The lowest BCUT2D eigenvalue weighted by Gasteiger charge is -2.26. The summed E-state index contributed by atoms with van der Waals surface area (Å²) < 4.78 is 0. The van der Waals surface area contributed by atoms with Crippen LogP contribution in [0, 0.1) is 5.92 Å². The van der Waals surface area contributed by atoms with Gasteiger partial charge < -0.3 is 42.7 Å². The Hall–Kier alpha value is -3.75. The molecule has 4 atom stereocenters. The van der Waals surface area contributed by atoms with E-state index >= 15 is 0 Å². The number of nitrogens with two attached hydrogens (primary N) is 2. The lowest BCUT2D eigenvalue weighted by atomic mass is 10.0. The highest BCUT2D eigenvalue weighted by atomic mass is 16.4. The SMILES string of the molecule is CC(C)C(NC(=O)C(N)CCC(N)=O)C(=O)NC(CC(=O)O)C(=O)NC(CCC(=O)O)C(=O)O. The molecular formula is C19H31N5O10. The third kappa shape index (κ3) is 11.8. The zero-order valence-corrected chi connectivity index (χ0v) is 18.8. The largest absolute Gasteiger partial charge is 0.481 e. The van der Waals surface area contributed by atoms with Gasteiger partial charge in [-0.3, -0.25) is 28.8 Å². The van der Waals surface area contributed by atoms with Crippen LogP contribution in [-0.2, 0) is 33.6 Å². The molecule has 0 aliphatic carbocycles. The maximum absolute atomic E-state index is 12.7. The fourth-order valence-electron chi connectivity index (χ4n) is 2.67. The minimum atomic E-state index is -1.72. The van der Waals surface area contributed by atoms with E-state index in [9.17, 15) is 38.7 Å². The van der Waals surface area contributed by atoms with Gasteiger partial charge in [0.25, 0.3) is 0 Å². The molecule has 0 rings (SSSR count). The number of nitrogens with one attached hydrogen (secondary N) is 3.